The number of anilines is 1. The van der Waals surface area contributed by atoms with E-state index in [9.17, 15) is 4.39 Å². The van der Waals surface area contributed by atoms with E-state index in [-0.39, 0.29) is 5.82 Å². The molecule has 0 aliphatic heterocycles. The van der Waals surface area contributed by atoms with Gasteiger partial charge >= 0.3 is 0 Å². The standard InChI is InChI=1S/C14H14ClFN2/c1-10-4-3-5-14(17-10)18(2)9-11-6-7-12(16)8-13(11)15/h3-8H,9H2,1-2H3. The van der Waals surface area contributed by atoms with Gasteiger partial charge in [-0.25, -0.2) is 9.37 Å². The van der Waals surface area contributed by atoms with Crippen molar-refractivity contribution in [2.45, 2.75) is 13.5 Å². The van der Waals surface area contributed by atoms with Crippen LogP contribution < -0.4 is 4.90 Å². The largest absolute Gasteiger partial charge is 0.355 e. The molecule has 94 valence electrons. The summed E-state index contributed by atoms with van der Waals surface area (Å²) in [6.07, 6.45) is 0. The first-order valence-corrected chi connectivity index (χ1v) is 6.03. The van der Waals surface area contributed by atoms with Crippen molar-refractivity contribution in [3.8, 4) is 0 Å². The van der Waals surface area contributed by atoms with Crippen LogP contribution in [0, 0.1) is 12.7 Å². The Bertz CT molecular complexity index is 557. The highest BCUT2D eigenvalue weighted by atomic mass is 35.5. The summed E-state index contributed by atoms with van der Waals surface area (Å²) < 4.78 is 13.0. The molecule has 0 aliphatic rings. The molecule has 0 unspecified atom stereocenters. The van der Waals surface area contributed by atoms with Gasteiger partial charge < -0.3 is 4.90 Å². The molecule has 0 saturated heterocycles. The van der Waals surface area contributed by atoms with Crippen LogP contribution in [0.25, 0.3) is 0 Å². The Labute approximate surface area is 111 Å². The van der Waals surface area contributed by atoms with Crippen molar-refractivity contribution < 1.29 is 4.39 Å². The number of benzene rings is 1. The number of aryl methyl sites for hydroxylation is 1. The average molecular weight is 265 g/mol. The van der Waals surface area contributed by atoms with E-state index in [0.29, 0.717) is 11.6 Å². The van der Waals surface area contributed by atoms with Gasteiger partial charge in [-0.15, -0.1) is 0 Å². The lowest BCUT2D eigenvalue weighted by Gasteiger charge is -2.19. The van der Waals surface area contributed by atoms with Crippen molar-refractivity contribution in [2.24, 2.45) is 0 Å². The van der Waals surface area contributed by atoms with E-state index in [1.165, 1.54) is 12.1 Å². The number of aromatic nitrogens is 1. The highest BCUT2D eigenvalue weighted by molar-refractivity contribution is 6.31. The van der Waals surface area contributed by atoms with Gasteiger partial charge in [0.1, 0.15) is 11.6 Å². The van der Waals surface area contributed by atoms with E-state index in [1.807, 2.05) is 37.1 Å². The average Bonchev–Trinajstić information content (AvgIpc) is 2.32. The predicted octanol–water partition coefficient (Wildman–Crippen LogP) is 3.82. The van der Waals surface area contributed by atoms with Crippen LogP contribution in [0.3, 0.4) is 0 Å². The Hall–Kier alpha value is -1.61. The van der Waals surface area contributed by atoms with Crippen LogP contribution in [0.2, 0.25) is 5.02 Å². The molecular weight excluding hydrogens is 251 g/mol. The van der Waals surface area contributed by atoms with Crippen LogP contribution in [-0.2, 0) is 6.54 Å². The second-order valence-corrected chi connectivity index (χ2v) is 4.64. The fourth-order valence-corrected chi connectivity index (χ4v) is 1.95. The Kier molecular flexibility index (Phi) is 3.82. The molecule has 0 saturated carbocycles. The number of hydrogen-bond acceptors (Lipinski definition) is 2. The summed E-state index contributed by atoms with van der Waals surface area (Å²) >= 11 is 6.01. The first-order chi connectivity index (χ1) is 8.56. The van der Waals surface area contributed by atoms with Crippen LogP contribution in [0.5, 0.6) is 0 Å². The molecule has 1 aromatic carbocycles. The van der Waals surface area contributed by atoms with Gasteiger partial charge in [-0.2, -0.15) is 0 Å². The monoisotopic (exact) mass is 264 g/mol. The van der Waals surface area contributed by atoms with Gasteiger partial charge in [0.05, 0.1) is 0 Å². The molecule has 0 spiro atoms. The lowest BCUT2D eigenvalue weighted by molar-refractivity contribution is 0.627. The Morgan fingerprint density at radius 1 is 1.28 bits per heavy atom. The van der Waals surface area contributed by atoms with E-state index in [0.717, 1.165) is 17.1 Å². The molecular formula is C14H14ClFN2. The molecule has 1 heterocycles. The zero-order chi connectivity index (χ0) is 13.1. The Balaban J connectivity index is 2.18. The molecule has 0 aliphatic carbocycles. The van der Waals surface area contributed by atoms with Gasteiger partial charge in [0, 0.05) is 24.3 Å². The number of halogens is 2. The quantitative estimate of drug-likeness (QED) is 0.838. The molecule has 0 amide bonds. The lowest BCUT2D eigenvalue weighted by atomic mass is 10.2. The van der Waals surface area contributed by atoms with Gasteiger partial charge in [-0.1, -0.05) is 23.7 Å². The third-order valence-corrected chi connectivity index (χ3v) is 3.04. The molecule has 0 fully saturated rings. The first kappa shape index (κ1) is 12.8. The zero-order valence-corrected chi connectivity index (χ0v) is 11.1. The van der Waals surface area contributed by atoms with E-state index in [1.54, 1.807) is 6.07 Å². The normalized spacial score (nSPS) is 10.4. The summed E-state index contributed by atoms with van der Waals surface area (Å²) in [5.74, 6) is 0.551. The molecule has 2 rings (SSSR count). The maximum absolute atomic E-state index is 13.0. The first-order valence-electron chi connectivity index (χ1n) is 5.65. The minimum Gasteiger partial charge on any atom is -0.355 e. The zero-order valence-electron chi connectivity index (χ0n) is 10.3. The number of pyridine rings is 1. The van der Waals surface area contributed by atoms with E-state index >= 15 is 0 Å². The van der Waals surface area contributed by atoms with E-state index < -0.39 is 0 Å². The minimum absolute atomic E-state index is 0.319. The van der Waals surface area contributed by atoms with Crippen molar-refractivity contribution in [1.82, 2.24) is 4.98 Å². The molecule has 2 aromatic rings. The van der Waals surface area contributed by atoms with Gasteiger partial charge in [-0.3, -0.25) is 0 Å². The fourth-order valence-electron chi connectivity index (χ4n) is 1.73. The van der Waals surface area contributed by atoms with Crippen LogP contribution in [0.1, 0.15) is 11.3 Å². The topological polar surface area (TPSA) is 16.1 Å². The fraction of sp³-hybridized carbons (Fsp3) is 0.214. The van der Waals surface area contributed by atoms with Crippen molar-refractivity contribution >= 4 is 17.4 Å². The predicted molar refractivity (Wildman–Crippen MR) is 72.5 cm³/mol. The van der Waals surface area contributed by atoms with Crippen LogP contribution >= 0.6 is 11.6 Å². The van der Waals surface area contributed by atoms with Gasteiger partial charge in [0.25, 0.3) is 0 Å². The van der Waals surface area contributed by atoms with Crippen LogP contribution in [-0.4, -0.2) is 12.0 Å². The van der Waals surface area contributed by atoms with Crippen molar-refractivity contribution in [3.05, 3.63) is 58.5 Å². The summed E-state index contributed by atoms with van der Waals surface area (Å²) in [5.41, 5.74) is 1.84. The Morgan fingerprint density at radius 2 is 2.06 bits per heavy atom. The van der Waals surface area contributed by atoms with Crippen LogP contribution in [0.4, 0.5) is 10.2 Å². The smallest absolute Gasteiger partial charge is 0.128 e. The Morgan fingerprint density at radius 3 is 2.72 bits per heavy atom. The maximum Gasteiger partial charge on any atom is 0.128 e. The number of rotatable bonds is 3. The van der Waals surface area contributed by atoms with Gasteiger partial charge in [-0.05, 0) is 36.8 Å². The lowest BCUT2D eigenvalue weighted by Crippen LogP contribution is -2.18. The van der Waals surface area contributed by atoms with Gasteiger partial charge in [0.15, 0.2) is 0 Å². The molecule has 1 aromatic heterocycles. The highest BCUT2D eigenvalue weighted by Crippen LogP contribution is 2.20. The molecule has 0 N–H and O–H groups in total. The molecule has 0 radical (unpaired) electrons. The summed E-state index contributed by atoms with van der Waals surface area (Å²) in [6.45, 7) is 2.54. The summed E-state index contributed by atoms with van der Waals surface area (Å²) in [6, 6.07) is 10.3. The highest BCUT2D eigenvalue weighted by Gasteiger charge is 2.07. The molecule has 18 heavy (non-hydrogen) atoms. The number of hydrogen-bond donors (Lipinski definition) is 0. The number of nitrogens with zero attached hydrogens (tertiary/aromatic N) is 2. The van der Waals surface area contributed by atoms with Gasteiger partial charge in [0.2, 0.25) is 0 Å². The molecule has 2 nitrogen and oxygen atoms in total. The molecule has 0 atom stereocenters. The second kappa shape index (κ2) is 5.36. The van der Waals surface area contributed by atoms with E-state index in [4.69, 9.17) is 11.6 Å². The maximum atomic E-state index is 13.0. The third kappa shape index (κ3) is 2.99. The SMILES string of the molecule is Cc1cccc(N(C)Cc2ccc(F)cc2Cl)n1. The molecule has 0 bridgehead atoms. The molecule has 4 heteroatoms. The third-order valence-electron chi connectivity index (χ3n) is 2.69. The second-order valence-electron chi connectivity index (χ2n) is 4.23. The van der Waals surface area contributed by atoms with Crippen LogP contribution in [0.15, 0.2) is 36.4 Å². The minimum atomic E-state index is -0.319. The van der Waals surface area contributed by atoms with Crippen molar-refractivity contribution in [2.75, 3.05) is 11.9 Å². The summed E-state index contributed by atoms with van der Waals surface area (Å²) in [5, 5.41) is 0.439. The summed E-state index contributed by atoms with van der Waals surface area (Å²) in [7, 11) is 1.93. The summed E-state index contributed by atoms with van der Waals surface area (Å²) in [4.78, 5) is 6.40. The van der Waals surface area contributed by atoms with Crippen molar-refractivity contribution in [1.29, 1.82) is 0 Å². The van der Waals surface area contributed by atoms with E-state index in [2.05, 4.69) is 4.98 Å². The van der Waals surface area contributed by atoms with Crippen molar-refractivity contribution in [3.63, 3.8) is 0 Å².